The van der Waals surface area contributed by atoms with Gasteiger partial charge in [-0.25, -0.2) is 4.39 Å². The summed E-state index contributed by atoms with van der Waals surface area (Å²) in [7, 11) is 1.75. The highest BCUT2D eigenvalue weighted by atomic mass is 19.1. The Hall–Kier alpha value is -2.80. The number of hydrogen-bond acceptors (Lipinski definition) is 2. The van der Waals surface area contributed by atoms with Gasteiger partial charge in [0.05, 0.1) is 0 Å². The maximum Gasteiger partial charge on any atom is 0.230 e. The molecule has 2 aromatic carbocycles. The first-order valence-corrected chi connectivity index (χ1v) is 7.79. The van der Waals surface area contributed by atoms with Gasteiger partial charge in [-0.15, -0.1) is 6.42 Å². The van der Waals surface area contributed by atoms with E-state index in [1.807, 2.05) is 18.2 Å². The number of halogens is 1. The topological polar surface area (TPSA) is 29.5 Å². The van der Waals surface area contributed by atoms with E-state index in [0.717, 1.165) is 17.7 Å². The number of anilines is 1. The number of carbonyl (C=O) groups is 1. The maximum absolute atomic E-state index is 13.3. The van der Waals surface area contributed by atoms with Crippen LogP contribution in [0.15, 0.2) is 48.5 Å². The Kier molecular flexibility index (Phi) is 4.52. The van der Waals surface area contributed by atoms with Crippen molar-refractivity contribution in [3.05, 3.63) is 59.9 Å². The molecule has 0 aliphatic heterocycles. The SMILES string of the molecule is C#CCOc1ccc(N(C)C(=O)C2CC2c2cccc(F)c2)cc1. The Labute approximate surface area is 141 Å². The standard InChI is InChI=1S/C20H18FNO2/c1-3-11-24-17-9-7-16(8-10-17)22(2)20(23)19-13-18(19)14-5-4-6-15(21)12-14/h1,4-10,12,18-19H,11,13H2,2H3. The monoisotopic (exact) mass is 323 g/mol. The molecule has 0 N–H and O–H groups in total. The molecule has 0 radical (unpaired) electrons. The molecule has 1 fully saturated rings. The fourth-order valence-electron chi connectivity index (χ4n) is 2.84. The van der Waals surface area contributed by atoms with E-state index < -0.39 is 0 Å². The zero-order valence-corrected chi connectivity index (χ0v) is 13.4. The fraction of sp³-hybridized carbons (Fsp3) is 0.250. The molecule has 122 valence electrons. The summed E-state index contributed by atoms with van der Waals surface area (Å²) in [6.45, 7) is 0.214. The van der Waals surface area contributed by atoms with Gasteiger partial charge in [0.25, 0.3) is 0 Å². The van der Waals surface area contributed by atoms with Crippen molar-refractivity contribution < 1.29 is 13.9 Å². The predicted octanol–water partition coefficient (Wildman–Crippen LogP) is 3.60. The highest BCUT2D eigenvalue weighted by Crippen LogP contribution is 2.48. The number of terminal acetylenes is 1. The number of hydrogen-bond donors (Lipinski definition) is 0. The van der Waals surface area contributed by atoms with Crippen molar-refractivity contribution in [1.82, 2.24) is 0 Å². The van der Waals surface area contributed by atoms with E-state index in [1.165, 1.54) is 12.1 Å². The molecule has 1 aliphatic carbocycles. The Morgan fingerprint density at radius 3 is 2.75 bits per heavy atom. The summed E-state index contributed by atoms with van der Waals surface area (Å²) in [5.41, 5.74) is 1.68. The lowest BCUT2D eigenvalue weighted by molar-refractivity contribution is -0.119. The van der Waals surface area contributed by atoms with Crippen molar-refractivity contribution >= 4 is 11.6 Å². The smallest absolute Gasteiger partial charge is 0.230 e. The minimum atomic E-state index is -0.262. The third-order valence-electron chi connectivity index (χ3n) is 4.26. The van der Waals surface area contributed by atoms with Gasteiger partial charge in [0.15, 0.2) is 0 Å². The average Bonchev–Trinajstić information content (AvgIpc) is 3.40. The van der Waals surface area contributed by atoms with Crippen LogP contribution < -0.4 is 9.64 Å². The van der Waals surface area contributed by atoms with Crippen LogP contribution in [0.3, 0.4) is 0 Å². The second-order valence-electron chi connectivity index (χ2n) is 5.89. The third-order valence-corrected chi connectivity index (χ3v) is 4.26. The number of carbonyl (C=O) groups excluding carboxylic acids is 1. The molecular weight excluding hydrogens is 305 g/mol. The van der Waals surface area contributed by atoms with Crippen molar-refractivity contribution in [2.45, 2.75) is 12.3 Å². The summed E-state index contributed by atoms with van der Waals surface area (Å²) in [6, 6.07) is 13.7. The minimum Gasteiger partial charge on any atom is -0.481 e. The first kappa shape index (κ1) is 16.1. The molecule has 3 nitrogen and oxygen atoms in total. The van der Waals surface area contributed by atoms with E-state index in [1.54, 1.807) is 30.1 Å². The number of amides is 1. The Morgan fingerprint density at radius 2 is 2.08 bits per heavy atom. The second-order valence-corrected chi connectivity index (χ2v) is 5.89. The van der Waals surface area contributed by atoms with Crippen molar-refractivity contribution in [2.24, 2.45) is 5.92 Å². The number of ether oxygens (including phenoxy) is 1. The van der Waals surface area contributed by atoms with Crippen LogP contribution in [-0.2, 0) is 4.79 Å². The lowest BCUT2D eigenvalue weighted by atomic mass is 10.1. The lowest BCUT2D eigenvalue weighted by Crippen LogP contribution is -2.28. The average molecular weight is 323 g/mol. The zero-order valence-electron chi connectivity index (χ0n) is 13.4. The molecule has 4 heteroatoms. The van der Waals surface area contributed by atoms with Crippen LogP contribution in [0.2, 0.25) is 0 Å². The van der Waals surface area contributed by atoms with Gasteiger partial charge in [0.2, 0.25) is 5.91 Å². The summed E-state index contributed by atoms with van der Waals surface area (Å²) < 4.78 is 18.6. The molecule has 2 aromatic rings. The first-order chi connectivity index (χ1) is 11.6. The molecule has 2 atom stereocenters. The quantitative estimate of drug-likeness (QED) is 0.787. The summed E-state index contributed by atoms with van der Waals surface area (Å²) >= 11 is 0. The van der Waals surface area contributed by atoms with Crippen LogP contribution in [0.4, 0.5) is 10.1 Å². The van der Waals surface area contributed by atoms with E-state index in [0.29, 0.717) is 5.75 Å². The van der Waals surface area contributed by atoms with Gasteiger partial charge in [-0.2, -0.15) is 0 Å². The van der Waals surface area contributed by atoms with E-state index in [9.17, 15) is 9.18 Å². The van der Waals surface area contributed by atoms with Crippen molar-refractivity contribution in [1.29, 1.82) is 0 Å². The van der Waals surface area contributed by atoms with E-state index >= 15 is 0 Å². The number of nitrogens with zero attached hydrogens (tertiary/aromatic N) is 1. The first-order valence-electron chi connectivity index (χ1n) is 7.79. The van der Waals surface area contributed by atoms with E-state index in [-0.39, 0.29) is 30.2 Å². The molecule has 0 aromatic heterocycles. The molecular formula is C20H18FNO2. The Balaban J connectivity index is 1.64. The van der Waals surface area contributed by atoms with Crippen molar-refractivity contribution in [2.75, 3.05) is 18.6 Å². The molecule has 0 saturated heterocycles. The van der Waals surface area contributed by atoms with Crippen LogP contribution in [0.25, 0.3) is 0 Å². The molecule has 0 bridgehead atoms. The van der Waals surface area contributed by atoms with Gasteiger partial charge in [0.1, 0.15) is 18.2 Å². The zero-order chi connectivity index (χ0) is 17.1. The van der Waals surface area contributed by atoms with E-state index in [2.05, 4.69) is 5.92 Å². The summed E-state index contributed by atoms with van der Waals surface area (Å²) in [5.74, 6) is 2.87. The van der Waals surface area contributed by atoms with Crippen LogP contribution in [0.5, 0.6) is 5.75 Å². The van der Waals surface area contributed by atoms with Gasteiger partial charge < -0.3 is 9.64 Å². The highest BCUT2D eigenvalue weighted by molar-refractivity contribution is 5.97. The van der Waals surface area contributed by atoms with Crippen molar-refractivity contribution in [3.63, 3.8) is 0 Å². The van der Waals surface area contributed by atoms with Gasteiger partial charge in [-0.05, 0) is 54.3 Å². The molecule has 1 aliphatic rings. The van der Waals surface area contributed by atoms with Gasteiger partial charge >= 0.3 is 0 Å². The minimum absolute atomic E-state index is 0.0431. The third kappa shape index (κ3) is 3.41. The molecule has 1 amide bonds. The number of rotatable bonds is 5. The predicted molar refractivity (Wildman–Crippen MR) is 91.4 cm³/mol. The highest BCUT2D eigenvalue weighted by Gasteiger charge is 2.45. The van der Waals surface area contributed by atoms with Gasteiger partial charge in [0, 0.05) is 18.7 Å². The van der Waals surface area contributed by atoms with Crippen LogP contribution >= 0.6 is 0 Å². The summed E-state index contributed by atoms with van der Waals surface area (Å²) in [4.78, 5) is 14.2. The van der Waals surface area contributed by atoms with E-state index in [4.69, 9.17) is 11.2 Å². The lowest BCUT2D eigenvalue weighted by Gasteiger charge is -2.18. The van der Waals surface area contributed by atoms with Gasteiger partial charge in [-0.1, -0.05) is 18.1 Å². The molecule has 3 rings (SSSR count). The summed E-state index contributed by atoms with van der Waals surface area (Å²) in [6.07, 6.45) is 5.91. The Morgan fingerprint density at radius 1 is 1.33 bits per heavy atom. The molecule has 2 unspecified atom stereocenters. The second kappa shape index (κ2) is 6.76. The van der Waals surface area contributed by atoms with Crippen LogP contribution in [0.1, 0.15) is 17.9 Å². The van der Waals surface area contributed by atoms with Gasteiger partial charge in [-0.3, -0.25) is 4.79 Å². The maximum atomic E-state index is 13.3. The fourth-order valence-corrected chi connectivity index (χ4v) is 2.84. The molecule has 24 heavy (non-hydrogen) atoms. The largest absolute Gasteiger partial charge is 0.481 e. The Bertz CT molecular complexity index is 779. The van der Waals surface area contributed by atoms with Crippen LogP contribution in [0, 0.1) is 24.1 Å². The van der Waals surface area contributed by atoms with Crippen molar-refractivity contribution in [3.8, 4) is 18.1 Å². The molecule has 0 heterocycles. The number of benzene rings is 2. The van der Waals surface area contributed by atoms with Crippen LogP contribution in [-0.4, -0.2) is 19.6 Å². The molecule has 1 saturated carbocycles. The molecule has 0 spiro atoms. The summed E-state index contributed by atoms with van der Waals surface area (Å²) in [5, 5.41) is 0. The normalized spacial score (nSPS) is 18.5.